The van der Waals surface area contributed by atoms with Crippen molar-refractivity contribution < 1.29 is 0 Å². The average molecular weight is 177 g/mol. The second-order valence-corrected chi connectivity index (χ2v) is 3.98. The lowest BCUT2D eigenvalue weighted by Gasteiger charge is -2.16. The summed E-state index contributed by atoms with van der Waals surface area (Å²) >= 11 is 0. The normalized spacial score (nSPS) is 20.9. The van der Waals surface area contributed by atoms with Crippen LogP contribution in [0.15, 0.2) is 0 Å². The first-order chi connectivity index (χ1) is 6.45. The number of aryl methyl sites for hydroxylation is 1. The van der Waals surface area contributed by atoms with Gasteiger partial charge >= 0.3 is 0 Å². The van der Waals surface area contributed by atoms with Crippen LogP contribution in [0.3, 0.4) is 0 Å². The molecule has 0 amide bonds. The Kier molecular flexibility index (Phi) is 1.65. The Labute approximate surface area is 78.1 Å². The van der Waals surface area contributed by atoms with E-state index in [1.54, 1.807) is 5.56 Å². The molecule has 1 aromatic heterocycles. The third-order valence-corrected chi connectivity index (χ3v) is 3.13. The van der Waals surface area contributed by atoms with E-state index in [1.165, 1.54) is 37.1 Å². The summed E-state index contributed by atoms with van der Waals surface area (Å²) < 4.78 is 2.21. The maximum Gasteiger partial charge on any atom is 0.0660 e. The van der Waals surface area contributed by atoms with Crippen LogP contribution in [0.2, 0.25) is 0 Å². The molecule has 0 saturated carbocycles. The smallest absolute Gasteiger partial charge is 0.0660 e. The van der Waals surface area contributed by atoms with Crippen LogP contribution in [0.4, 0.5) is 0 Å². The van der Waals surface area contributed by atoms with Gasteiger partial charge in [0, 0.05) is 13.1 Å². The number of hydrogen-bond acceptors (Lipinski definition) is 2. The van der Waals surface area contributed by atoms with E-state index in [9.17, 15) is 0 Å². The van der Waals surface area contributed by atoms with Crippen LogP contribution in [0.1, 0.15) is 29.8 Å². The topological polar surface area (TPSA) is 29.9 Å². The van der Waals surface area contributed by atoms with E-state index in [-0.39, 0.29) is 0 Å². The SMILES string of the molecule is C1CCc2c(nn3c2CNCC3)C1. The quantitative estimate of drug-likeness (QED) is 0.637. The second kappa shape index (κ2) is 2.84. The Hall–Kier alpha value is -0.830. The first-order valence-electron chi connectivity index (χ1n) is 5.23. The lowest BCUT2D eigenvalue weighted by Crippen LogP contribution is -2.28. The molecule has 2 aliphatic rings. The predicted octanol–water partition coefficient (Wildman–Crippen LogP) is 0.865. The molecule has 3 rings (SSSR count). The van der Waals surface area contributed by atoms with Crippen LogP contribution in [-0.4, -0.2) is 16.3 Å². The molecule has 0 radical (unpaired) electrons. The predicted molar refractivity (Wildman–Crippen MR) is 50.6 cm³/mol. The molecule has 0 bridgehead atoms. The molecule has 1 aliphatic heterocycles. The van der Waals surface area contributed by atoms with Crippen LogP contribution in [0, 0.1) is 0 Å². The van der Waals surface area contributed by atoms with Crippen molar-refractivity contribution in [3.63, 3.8) is 0 Å². The largest absolute Gasteiger partial charge is 0.309 e. The molecule has 1 aromatic rings. The van der Waals surface area contributed by atoms with Crippen molar-refractivity contribution in [2.45, 2.75) is 38.8 Å². The van der Waals surface area contributed by atoms with Crippen molar-refractivity contribution in [1.82, 2.24) is 15.1 Å². The van der Waals surface area contributed by atoms with Crippen molar-refractivity contribution in [2.75, 3.05) is 6.54 Å². The van der Waals surface area contributed by atoms with E-state index in [4.69, 9.17) is 0 Å². The Morgan fingerprint density at radius 1 is 1.23 bits per heavy atom. The fraction of sp³-hybridized carbons (Fsp3) is 0.700. The molecule has 0 aromatic carbocycles. The summed E-state index contributed by atoms with van der Waals surface area (Å²) in [7, 11) is 0. The van der Waals surface area contributed by atoms with Crippen molar-refractivity contribution >= 4 is 0 Å². The molecular formula is C10H15N3. The van der Waals surface area contributed by atoms with Gasteiger partial charge < -0.3 is 5.32 Å². The molecule has 1 aliphatic carbocycles. The van der Waals surface area contributed by atoms with E-state index >= 15 is 0 Å². The minimum atomic E-state index is 1.03. The van der Waals surface area contributed by atoms with Gasteiger partial charge in [-0.3, -0.25) is 4.68 Å². The van der Waals surface area contributed by atoms with Gasteiger partial charge in [0.15, 0.2) is 0 Å². The van der Waals surface area contributed by atoms with Crippen molar-refractivity contribution in [2.24, 2.45) is 0 Å². The van der Waals surface area contributed by atoms with Gasteiger partial charge in [-0.1, -0.05) is 0 Å². The van der Waals surface area contributed by atoms with Gasteiger partial charge in [0.1, 0.15) is 0 Å². The number of nitrogens with zero attached hydrogens (tertiary/aromatic N) is 2. The Morgan fingerprint density at radius 3 is 3.15 bits per heavy atom. The van der Waals surface area contributed by atoms with E-state index in [2.05, 4.69) is 15.1 Å². The molecule has 3 heteroatoms. The third-order valence-electron chi connectivity index (χ3n) is 3.13. The summed E-state index contributed by atoms with van der Waals surface area (Å²) in [5.74, 6) is 0. The van der Waals surface area contributed by atoms with Crippen LogP contribution < -0.4 is 5.32 Å². The Morgan fingerprint density at radius 2 is 2.15 bits per heavy atom. The Balaban J connectivity index is 2.09. The van der Waals surface area contributed by atoms with Crippen molar-refractivity contribution in [1.29, 1.82) is 0 Å². The van der Waals surface area contributed by atoms with Gasteiger partial charge in [-0.15, -0.1) is 0 Å². The molecule has 0 atom stereocenters. The molecular weight excluding hydrogens is 162 g/mol. The molecule has 2 heterocycles. The van der Waals surface area contributed by atoms with Crippen LogP contribution in [0.5, 0.6) is 0 Å². The molecule has 0 saturated heterocycles. The first kappa shape index (κ1) is 7.56. The van der Waals surface area contributed by atoms with Gasteiger partial charge in [-0.25, -0.2) is 0 Å². The lowest BCUT2D eigenvalue weighted by molar-refractivity contribution is 0.472. The van der Waals surface area contributed by atoms with Gasteiger partial charge in [0.2, 0.25) is 0 Å². The zero-order valence-electron chi connectivity index (χ0n) is 7.84. The highest BCUT2D eigenvalue weighted by Gasteiger charge is 2.21. The summed E-state index contributed by atoms with van der Waals surface area (Å²) in [6.45, 7) is 3.16. The minimum Gasteiger partial charge on any atom is -0.309 e. The summed E-state index contributed by atoms with van der Waals surface area (Å²) in [6.07, 6.45) is 5.14. The van der Waals surface area contributed by atoms with E-state index in [0.717, 1.165) is 19.6 Å². The lowest BCUT2D eigenvalue weighted by atomic mass is 9.96. The standard InChI is InChI=1S/C10H15N3/c1-2-4-9-8(3-1)10-7-11-5-6-13(10)12-9/h11H,1-7H2. The van der Waals surface area contributed by atoms with E-state index in [1.807, 2.05) is 0 Å². The van der Waals surface area contributed by atoms with Crippen molar-refractivity contribution in [3.8, 4) is 0 Å². The minimum absolute atomic E-state index is 1.03. The number of aromatic nitrogens is 2. The fourth-order valence-corrected chi connectivity index (χ4v) is 2.45. The summed E-state index contributed by atoms with van der Waals surface area (Å²) in [5, 5.41) is 8.08. The number of hydrogen-bond donors (Lipinski definition) is 1. The van der Waals surface area contributed by atoms with Gasteiger partial charge in [-0.2, -0.15) is 5.10 Å². The molecule has 70 valence electrons. The summed E-state index contributed by atoms with van der Waals surface area (Å²) in [4.78, 5) is 0. The van der Waals surface area contributed by atoms with Crippen LogP contribution in [0.25, 0.3) is 0 Å². The highest BCUT2D eigenvalue weighted by Crippen LogP contribution is 2.24. The van der Waals surface area contributed by atoms with Crippen molar-refractivity contribution in [3.05, 3.63) is 17.0 Å². The Bertz CT molecular complexity index is 297. The fourth-order valence-electron chi connectivity index (χ4n) is 2.45. The molecule has 13 heavy (non-hydrogen) atoms. The van der Waals surface area contributed by atoms with E-state index in [0.29, 0.717) is 0 Å². The monoisotopic (exact) mass is 177 g/mol. The summed E-state index contributed by atoms with van der Waals surface area (Å²) in [5.41, 5.74) is 4.39. The van der Waals surface area contributed by atoms with Gasteiger partial charge in [0.25, 0.3) is 0 Å². The van der Waals surface area contributed by atoms with Crippen LogP contribution >= 0.6 is 0 Å². The number of rotatable bonds is 0. The van der Waals surface area contributed by atoms with E-state index < -0.39 is 0 Å². The third kappa shape index (κ3) is 1.10. The highest BCUT2D eigenvalue weighted by atomic mass is 15.3. The average Bonchev–Trinajstić information content (AvgIpc) is 2.56. The van der Waals surface area contributed by atoms with Gasteiger partial charge in [-0.05, 0) is 31.2 Å². The zero-order valence-corrected chi connectivity index (χ0v) is 7.84. The summed E-state index contributed by atoms with van der Waals surface area (Å²) in [6, 6.07) is 0. The molecule has 0 fully saturated rings. The zero-order chi connectivity index (χ0) is 8.67. The number of fused-ring (bicyclic) bond motifs is 3. The molecule has 0 unspecified atom stereocenters. The first-order valence-corrected chi connectivity index (χ1v) is 5.23. The number of nitrogens with one attached hydrogen (secondary N) is 1. The molecule has 3 nitrogen and oxygen atoms in total. The maximum absolute atomic E-state index is 4.67. The van der Waals surface area contributed by atoms with Gasteiger partial charge in [0.05, 0.1) is 17.9 Å². The van der Waals surface area contributed by atoms with Crippen LogP contribution in [-0.2, 0) is 25.9 Å². The molecule has 0 spiro atoms. The highest BCUT2D eigenvalue weighted by molar-refractivity contribution is 5.29. The molecule has 1 N–H and O–H groups in total. The maximum atomic E-state index is 4.67. The second-order valence-electron chi connectivity index (χ2n) is 3.98.